The highest BCUT2D eigenvalue weighted by Crippen LogP contribution is 2.03. The molecule has 0 aliphatic rings. The predicted molar refractivity (Wildman–Crippen MR) is 67.4 cm³/mol. The van der Waals surface area contributed by atoms with Gasteiger partial charge < -0.3 is 5.73 Å². The van der Waals surface area contributed by atoms with E-state index in [-0.39, 0.29) is 11.0 Å². The lowest BCUT2D eigenvalue weighted by Crippen LogP contribution is -2.44. The van der Waals surface area contributed by atoms with Crippen LogP contribution in [0.4, 0.5) is 0 Å². The van der Waals surface area contributed by atoms with Crippen LogP contribution in [0.2, 0.25) is 0 Å². The number of hydrogen-bond donors (Lipinski definition) is 3. The van der Waals surface area contributed by atoms with Crippen molar-refractivity contribution in [1.29, 1.82) is 0 Å². The van der Waals surface area contributed by atoms with Crippen LogP contribution in [0.5, 0.6) is 0 Å². The largest absolute Gasteiger partial charge is 0.375 e. The van der Waals surface area contributed by atoms with Crippen LogP contribution in [-0.4, -0.2) is 11.0 Å². The SMILES string of the molecule is NC(=S)NNC(=O)CCCc1ccccc1. The van der Waals surface area contributed by atoms with Gasteiger partial charge in [-0.15, -0.1) is 0 Å². The Morgan fingerprint density at radius 1 is 1.25 bits per heavy atom. The molecule has 1 amide bonds. The highest BCUT2D eigenvalue weighted by atomic mass is 32.1. The van der Waals surface area contributed by atoms with Crippen molar-refractivity contribution < 1.29 is 4.79 Å². The summed E-state index contributed by atoms with van der Waals surface area (Å²) in [5.74, 6) is -0.108. The molecule has 0 aliphatic carbocycles. The third kappa shape index (κ3) is 5.31. The van der Waals surface area contributed by atoms with Crippen LogP contribution in [0.1, 0.15) is 18.4 Å². The minimum atomic E-state index is -0.108. The quantitative estimate of drug-likeness (QED) is 0.537. The first-order valence-corrected chi connectivity index (χ1v) is 5.47. The molecule has 0 unspecified atom stereocenters. The molecule has 16 heavy (non-hydrogen) atoms. The number of nitrogens with two attached hydrogens (primary N) is 1. The average Bonchev–Trinajstić information content (AvgIpc) is 2.28. The molecular formula is C11H15N3OS. The summed E-state index contributed by atoms with van der Waals surface area (Å²) in [6, 6.07) is 10.0. The van der Waals surface area contributed by atoms with Crippen LogP contribution in [0.25, 0.3) is 0 Å². The van der Waals surface area contributed by atoms with Crippen molar-refractivity contribution in [2.24, 2.45) is 5.73 Å². The zero-order valence-corrected chi connectivity index (χ0v) is 9.72. The Labute approximate surface area is 100 Å². The maximum absolute atomic E-state index is 11.2. The Morgan fingerprint density at radius 2 is 1.94 bits per heavy atom. The fraction of sp³-hybridized carbons (Fsp3) is 0.273. The first kappa shape index (κ1) is 12.4. The molecule has 1 aromatic carbocycles. The second-order valence-corrected chi connectivity index (χ2v) is 3.82. The number of amides is 1. The number of carbonyl (C=O) groups excluding carboxylic acids is 1. The summed E-state index contributed by atoms with van der Waals surface area (Å²) in [6.45, 7) is 0. The van der Waals surface area contributed by atoms with Gasteiger partial charge in [-0.25, -0.2) is 0 Å². The van der Waals surface area contributed by atoms with E-state index in [4.69, 9.17) is 5.73 Å². The van der Waals surface area contributed by atoms with E-state index in [1.807, 2.05) is 30.3 Å². The van der Waals surface area contributed by atoms with Crippen molar-refractivity contribution in [3.05, 3.63) is 35.9 Å². The van der Waals surface area contributed by atoms with Gasteiger partial charge in [0.25, 0.3) is 0 Å². The topological polar surface area (TPSA) is 67.2 Å². The first-order valence-electron chi connectivity index (χ1n) is 5.06. The lowest BCUT2D eigenvalue weighted by atomic mass is 10.1. The van der Waals surface area contributed by atoms with Gasteiger partial charge in [0, 0.05) is 6.42 Å². The average molecular weight is 237 g/mol. The van der Waals surface area contributed by atoms with Gasteiger partial charge in [0.15, 0.2) is 5.11 Å². The van der Waals surface area contributed by atoms with Gasteiger partial charge in [0.05, 0.1) is 0 Å². The molecule has 0 spiro atoms. The summed E-state index contributed by atoms with van der Waals surface area (Å²) in [6.07, 6.45) is 2.14. The Morgan fingerprint density at radius 3 is 2.56 bits per heavy atom. The number of rotatable bonds is 4. The molecule has 0 aliphatic heterocycles. The Balaban J connectivity index is 2.16. The monoisotopic (exact) mass is 237 g/mol. The molecule has 0 heterocycles. The van der Waals surface area contributed by atoms with E-state index < -0.39 is 0 Å². The second kappa shape index (κ2) is 6.79. The maximum atomic E-state index is 11.2. The summed E-state index contributed by atoms with van der Waals surface area (Å²) in [5.41, 5.74) is 11.2. The normalized spacial score (nSPS) is 9.50. The molecular weight excluding hydrogens is 222 g/mol. The Hall–Kier alpha value is -1.62. The van der Waals surface area contributed by atoms with Crippen LogP contribution in [0.3, 0.4) is 0 Å². The van der Waals surface area contributed by atoms with Gasteiger partial charge in [0.2, 0.25) is 5.91 Å². The van der Waals surface area contributed by atoms with Crippen molar-refractivity contribution in [2.75, 3.05) is 0 Å². The highest BCUT2D eigenvalue weighted by molar-refractivity contribution is 7.80. The molecule has 1 rings (SSSR count). The van der Waals surface area contributed by atoms with Gasteiger partial charge in [-0.1, -0.05) is 30.3 Å². The van der Waals surface area contributed by atoms with E-state index in [0.717, 1.165) is 12.8 Å². The van der Waals surface area contributed by atoms with E-state index in [1.165, 1.54) is 5.56 Å². The standard InChI is InChI=1S/C11H15N3OS/c12-11(16)14-13-10(15)8-4-7-9-5-2-1-3-6-9/h1-3,5-6H,4,7-8H2,(H,13,15)(H3,12,14,16). The number of aryl methyl sites for hydroxylation is 1. The molecule has 1 aromatic rings. The minimum absolute atomic E-state index is 0.0661. The molecule has 0 radical (unpaired) electrons. The molecule has 5 heteroatoms. The fourth-order valence-corrected chi connectivity index (χ4v) is 1.34. The number of nitrogens with one attached hydrogen (secondary N) is 2. The lowest BCUT2D eigenvalue weighted by Gasteiger charge is -2.05. The third-order valence-corrected chi connectivity index (χ3v) is 2.14. The van der Waals surface area contributed by atoms with Gasteiger partial charge in [-0.05, 0) is 30.6 Å². The number of carbonyl (C=O) groups is 1. The Kier molecular flexibility index (Phi) is 5.28. The van der Waals surface area contributed by atoms with Crippen LogP contribution < -0.4 is 16.6 Å². The summed E-state index contributed by atoms with van der Waals surface area (Å²) < 4.78 is 0. The molecule has 0 saturated carbocycles. The van der Waals surface area contributed by atoms with Gasteiger partial charge in [-0.2, -0.15) is 0 Å². The van der Waals surface area contributed by atoms with Gasteiger partial charge >= 0.3 is 0 Å². The van der Waals surface area contributed by atoms with Crippen LogP contribution in [0, 0.1) is 0 Å². The summed E-state index contributed by atoms with van der Waals surface area (Å²) >= 11 is 4.55. The van der Waals surface area contributed by atoms with Crippen LogP contribution in [-0.2, 0) is 11.2 Å². The van der Waals surface area contributed by atoms with E-state index in [9.17, 15) is 4.79 Å². The molecule has 0 atom stereocenters. The maximum Gasteiger partial charge on any atom is 0.238 e. The van der Waals surface area contributed by atoms with E-state index >= 15 is 0 Å². The fourth-order valence-electron chi connectivity index (χ4n) is 1.29. The minimum Gasteiger partial charge on any atom is -0.375 e. The van der Waals surface area contributed by atoms with Crippen LogP contribution in [0.15, 0.2) is 30.3 Å². The van der Waals surface area contributed by atoms with Crippen molar-refractivity contribution in [1.82, 2.24) is 10.9 Å². The van der Waals surface area contributed by atoms with Crippen molar-refractivity contribution in [3.8, 4) is 0 Å². The summed E-state index contributed by atoms with van der Waals surface area (Å²) in [5, 5.41) is 0.0661. The zero-order chi connectivity index (χ0) is 11.8. The molecule has 86 valence electrons. The molecule has 0 fully saturated rings. The molecule has 0 bridgehead atoms. The molecule has 0 saturated heterocycles. The van der Waals surface area contributed by atoms with E-state index in [1.54, 1.807) is 0 Å². The van der Waals surface area contributed by atoms with E-state index in [0.29, 0.717) is 6.42 Å². The van der Waals surface area contributed by atoms with Crippen molar-refractivity contribution >= 4 is 23.2 Å². The van der Waals surface area contributed by atoms with Crippen molar-refractivity contribution in [2.45, 2.75) is 19.3 Å². The highest BCUT2D eigenvalue weighted by Gasteiger charge is 2.00. The summed E-state index contributed by atoms with van der Waals surface area (Å²) in [7, 11) is 0. The third-order valence-electron chi connectivity index (χ3n) is 2.04. The zero-order valence-electron chi connectivity index (χ0n) is 8.90. The Bertz CT molecular complexity index is 354. The lowest BCUT2D eigenvalue weighted by molar-refractivity contribution is -0.121. The first-order chi connectivity index (χ1) is 7.68. The smallest absolute Gasteiger partial charge is 0.238 e. The number of thiocarbonyl (C=S) groups is 1. The van der Waals surface area contributed by atoms with Gasteiger partial charge in [-0.3, -0.25) is 15.6 Å². The number of hydrazine groups is 1. The van der Waals surface area contributed by atoms with E-state index in [2.05, 4.69) is 23.1 Å². The summed E-state index contributed by atoms with van der Waals surface area (Å²) in [4.78, 5) is 11.2. The molecule has 0 aromatic heterocycles. The number of hydrogen-bond acceptors (Lipinski definition) is 2. The predicted octanol–water partition coefficient (Wildman–Crippen LogP) is 0.874. The van der Waals surface area contributed by atoms with Crippen LogP contribution >= 0.6 is 12.2 Å². The second-order valence-electron chi connectivity index (χ2n) is 3.38. The van der Waals surface area contributed by atoms with Gasteiger partial charge in [0.1, 0.15) is 0 Å². The number of benzene rings is 1. The van der Waals surface area contributed by atoms with Crippen molar-refractivity contribution in [3.63, 3.8) is 0 Å². The molecule has 4 N–H and O–H groups in total. The molecule has 4 nitrogen and oxygen atoms in total.